The maximum Gasteiger partial charge on any atom is 0.320 e. The van der Waals surface area contributed by atoms with E-state index in [2.05, 4.69) is 20.9 Å². The molecule has 5 aliphatic rings. The molecule has 2 aromatic carbocycles. The first kappa shape index (κ1) is 34.7. The Hall–Kier alpha value is -4.06. The van der Waals surface area contributed by atoms with E-state index in [9.17, 15) is 14.4 Å². The SMILES string of the molecule is N#Cc1c(N)sc2c(F)ccc(-c3c(Cl)cc4c(N5CCCCC6(CN(C(=O)N7CCCC7)C6)C5)nc(OC[C@@]56CCCN5C[C@H](F)C6)nc4c3F)c12. The van der Waals surface area contributed by atoms with Crippen molar-refractivity contribution in [2.24, 2.45) is 5.41 Å². The number of ether oxygens (including phenoxy) is 1. The van der Waals surface area contributed by atoms with E-state index in [1.165, 1.54) is 12.1 Å². The van der Waals surface area contributed by atoms with Crippen LogP contribution in [-0.2, 0) is 0 Å². The molecule has 15 heteroatoms. The van der Waals surface area contributed by atoms with E-state index >= 15 is 8.78 Å². The lowest BCUT2D eigenvalue weighted by Gasteiger charge is -2.52. The van der Waals surface area contributed by atoms with Crippen molar-refractivity contribution in [3.63, 3.8) is 0 Å². The van der Waals surface area contributed by atoms with Crippen LogP contribution in [0.1, 0.15) is 56.9 Å². The number of hydrogen-bond donors (Lipinski definition) is 1. The van der Waals surface area contributed by atoms with Gasteiger partial charge in [-0.05, 0) is 62.8 Å². The largest absolute Gasteiger partial charge is 0.461 e. The zero-order valence-electron chi connectivity index (χ0n) is 29.3. The smallest absolute Gasteiger partial charge is 0.320 e. The third-order valence-electron chi connectivity index (χ3n) is 12.2. The van der Waals surface area contributed by atoms with Crippen molar-refractivity contribution in [3.05, 3.63) is 40.4 Å². The van der Waals surface area contributed by atoms with E-state index < -0.39 is 23.3 Å². The molecule has 2 amide bonds. The van der Waals surface area contributed by atoms with E-state index in [-0.39, 0.29) is 66.4 Å². The highest BCUT2D eigenvalue weighted by atomic mass is 35.5. The average Bonchev–Trinajstić information content (AvgIpc) is 3.89. The Labute approximate surface area is 314 Å². The molecule has 5 aliphatic heterocycles. The van der Waals surface area contributed by atoms with Crippen LogP contribution in [0.3, 0.4) is 0 Å². The topological polar surface area (TPSA) is 115 Å². The highest BCUT2D eigenvalue weighted by Gasteiger charge is 2.50. The summed E-state index contributed by atoms with van der Waals surface area (Å²) >= 11 is 7.89. The summed E-state index contributed by atoms with van der Waals surface area (Å²) in [6.07, 6.45) is 6.00. The number of anilines is 2. The Balaban J connectivity index is 1.14. The Morgan fingerprint density at radius 2 is 1.85 bits per heavy atom. The van der Waals surface area contributed by atoms with Crippen molar-refractivity contribution in [3.8, 4) is 23.2 Å². The Morgan fingerprint density at radius 1 is 1.06 bits per heavy atom. The van der Waals surface area contributed by atoms with Crippen LogP contribution in [0.2, 0.25) is 5.02 Å². The van der Waals surface area contributed by atoms with Gasteiger partial charge in [0.25, 0.3) is 0 Å². The number of nitrogens with zero attached hydrogens (tertiary/aromatic N) is 7. The quantitative estimate of drug-likeness (QED) is 0.224. The van der Waals surface area contributed by atoms with Gasteiger partial charge < -0.3 is 25.2 Å². The number of hydrogen-bond acceptors (Lipinski definition) is 9. The fraction of sp³-hybridized carbons (Fsp3) is 0.526. The van der Waals surface area contributed by atoms with Crippen molar-refractivity contribution < 1.29 is 22.7 Å². The number of urea groups is 1. The van der Waals surface area contributed by atoms with Crippen LogP contribution >= 0.6 is 22.9 Å². The molecule has 10 nitrogen and oxygen atoms in total. The molecule has 53 heavy (non-hydrogen) atoms. The number of rotatable bonds is 5. The number of aromatic nitrogens is 2. The third-order valence-corrected chi connectivity index (χ3v) is 13.5. The van der Waals surface area contributed by atoms with Crippen molar-refractivity contribution in [1.82, 2.24) is 24.7 Å². The number of thiophene rings is 1. The predicted molar refractivity (Wildman–Crippen MR) is 199 cm³/mol. The highest BCUT2D eigenvalue weighted by Crippen LogP contribution is 2.47. The molecule has 1 spiro atoms. The van der Waals surface area contributed by atoms with Gasteiger partial charge in [-0.25, -0.2) is 18.0 Å². The standard InChI is InChI=1S/C38H40ClF3N8O2S/c39-26-14-24-31(30(42)29(26)23-6-7-27(41)32-28(23)25(16-43)33(44)53-32)45-35(52-21-38-9-5-13-50(38)17-22(40)15-38)46-34(24)48-12-2-1-8-37(18-48)19-49(20-37)36(51)47-10-3-4-11-47/h6-7,14,22H,1-5,8-13,15,17-21,44H2/t22-,38+/m1/s1. The first-order valence-corrected chi connectivity index (χ1v) is 19.7. The number of nitriles is 1. The summed E-state index contributed by atoms with van der Waals surface area (Å²) in [5.74, 6) is -0.863. The molecule has 0 saturated carbocycles. The number of fused-ring (bicyclic) bond motifs is 3. The van der Waals surface area contributed by atoms with Crippen LogP contribution in [0.15, 0.2) is 18.2 Å². The molecule has 0 bridgehead atoms. The summed E-state index contributed by atoms with van der Waals surface area (Å²) in [6.45, 7) is 5.43. The van der Waals surface area contributed by atoms with Crippen LogP contribution in [0.5, 0.6) is 6.01 Å². The number of likely N-dealkylation sites (tertiary alicyclic amines) is 2. The summed E-state index contributed by atoms with van der Waals surface area (Å²) in [4.78, 5) is 31.0. The van der Waals surface area contributed by atoms with Gasteiger partial charge in [0.1, 0.15) is 41.0 Å². The molecule has 0 radical (unpaired) electrons. The van der Waals surface area contributed by atoms with E-state index in [1.54, 1.807) is 6.07 Å². The lowest BCUT2D eigenvalue weighted by molar-refractivity contribution is 0.0199. The van der Waals surface area contributed by atoms with Crippen LogP contribution < -0.4 is 15.4 Å². The second-order valence-electron chi connectivity index (χ2n) is 15.6. The molecule has 9 rings (SSSR count). The number of nitrogens with two attached hydrogens (primary N) is 1. The lowest BCUT2D eigenvalue weighted by atomic mass is 9.76. The molecule has 278 valence electrons. The van der Waals surface area contributed by atoms with Gasteiger partial charge in [-0.2, -0.15) is 15.2 Å². The molecule has 4 aromatic rings. The molecule has 0 unspecified atom stereocenters. The molecule has 2 aromatic heterocycles. The second-order valence-corrected chi connectivity index (χ2v) is 17.1. The minimum atomic E-state index is -0.946. The first-order valence-electron chi connectivity index (χ1n) is 18.5. The van der Waals surface area contributed by atoms with E-state index in [1.807, 2.05) is 9.80 Å². The van der Waals surface area contributed by atoms with Crippen molar-refractivity contribution in [2.75, 3.05) is 69.6 Å². The van der Waals surface area contributed by atoms with E-state index in [0.29, 0.717) is 50.3 Å². The van der Waals surface area contributed by atoms with Gasteiger partial charge in [-0.15, -0.1) is 11.3 Å². The fourth-order valence-electron chi connectivity index (χ4n) is 9.68. The molecule has 2 N–H and O–H groups in total. The first-order chi connectivity index (χ1) is 25.6. The van der Waals surface area contributed by atoms with Crippen molar-refractivity contribution in [2.45, 2.75) is 63.1 Å². The zero-order valence-corrected chi connectivity index (χ0v) is 30.8. The zero-order chi connectivity index (χ0) is 36.6. The molecule has 2 atom stereocenters. The van der Waals surface area contributed by atoms with Gasteiger partial charge in [0.15, 0.2) is 5.82 Å². The summed E-state index contributed by atoms with van der Waals surface area (Å²) in [7, 11) is 0. The number of benzene rings is 2. The monoisotopic (exact) mass is 764 g/mol. The van der Waals surface area contributed by atoms with Gasteiger partial charge in [-0.1, -0.05) is 24.1 Å². The van der Waals surface area contributed by atoms with Crippen LogP contribution in [0.4, 0.5) is 28.8 Å². The number of alkyl halides is 1. The minimum Gasteiger partial charge on any atom is -0.461 e. The average molecular weight is 765 g/mol. The van der Waals surface area contributed by atoms with E-state index in [4.69, 9.17) is 27.1 Å². The minimum absolute atomic E-state index is 0.0253. The third kappa shape index (κ3) is 5.72. The summed E-state index contributed by atoms with van der Waals surface area (Å²) in [5, 5.41) is 10.7. The summed E-state index contributed by atoms with van der Waals surface area (Å²) in [6, 6.07) is 6.38. The van der Waals surface area contributed by atoms with Gasteiger partial charge in [0.05, 0.1) is 20.8 Å². The Kier molecular flexibility index (Phi) is 8.55. The van der Waals surface area contributed by atoms with Gasteiger partial charge in [-0.3, -0.25) is 4.90 Å². The molecule has 0 aliphatic carbocycles. The normalized spacial score (nSPS) is 24.2. The molecule has 5 fully saturated rings. The highest BCUT2D eigenvalue weighted by molar-refractivity contribution is 7.23. The van der Waals surface area contributed by atoms with Crippen LogP contribution in [0, 0.1) is 28.4 Å². The fourth-order valence-corrected chi connectivity index (χ4v) is 10.9. The molecule has 7 heterocycles. The maximum absolute atomic E-state index is 17.3. The summed E-state index contributed by atoms with van der Waals surface area (Å²) in [5.41, 5.74) is 5.71. The predicted octanol–water partition coefficient (Wildman–Crippen LogP) is 7.36. The Bertz CT molecular complexity index is 2180. The summed E-state index contributed by atoms with van der Waals surface area (Å²) < 4.78 is 53.4. The molecular weight excluding hydrogens is 725 g/mol. The van der Waals surface area contributed by atoms with Crippen LogP contribution in [-0.4, -0.2) is 101 Å². The number of carbonyl (C=O) groups is 1. The number of carbonyl (C=O) groups excluding carboxylic acids is 1. The number of nitrogen functional groups attached to an aromatic ring is 1. The van der Waals surface area contributed by atoms with Gasteiger partial charge >= 0.3 is 12.0 Å². The molecule has 5 saturated heterocycles. The van der Waals surface area contributed by atoms with Gasteiger partial charge in [0.2, 0.25) is 0 Å². The van der Waals surface area contributed by atoms with Crippen molar-refractivity contribution >= 4 is 60.8 Å². The van der Waals surface area contributed by atoms with Crippen LogP contribution in [0.25, 0.3) is 32.1 Å². The number of halogens is 4. The lowest BCUT2D eigenvalue weighted by Crippen LogP contribution is -2.64. The molecular formula is C38H40ClF3N8O2S. The van der Waals surface area contributed by atoms with E-state index in [0.717, 1.165) is 75.9 Å². The maximum atomic E-state index is 17.3. The van der Waals surface area contributed by atoms with Crippen molar-refractivity contribution in [1.29, 1.82) is 5.26 Å². The number of amides is 2. The second kappa shape index (κ2) is 13.1. The Morgan fingerprint density at radius 3 is 2.64 bits per heavy atom. The van der Waals surface area contributed by atoms with Gasteiger partial charge in [0, 0.05) is 74.0 Å².